The average molecular weight is 319 g/mol. The van der Waals surface area contributed by atoms with Crippen LogP contribution in [0.25, 0.3) is 0 Å². The maximum absolute atomic E-state index is 5.68. The normalized spacial score (nSPS) is 12.2. The summed E-state index contributed by atoms with van der Waals surface area (Å²) in [7, 11) is 0. The third kappa shape index (κ3) is 3.84. The molecule has 0 fully saturated rings. The van der Waals surface area contributed by atoms with Crippen LogP contribution in [0.1, 0.15) is 28.4 Å². The van der Waals surface area contributed by atoms with Crippen molar-refractivity contribution in [3.63, 3.8) is 0 Å². The highest BCUT2D eigenvalue weighted by Crippen LogP contribution is 2.33. The van der Waals surface area contributed by atoms with Crippen LogP contribution in [0.3, 0.4) is 0 Å². The van der Waals surface area contributed by atoms with E-state index in [1.54, 1.807) is 0 Å². The number of aryl methyl sites for hydroxylation is 1. The molecule has 0 amide bonds. The van der Waals surface area contributed by atoms with Crippen LogP contribution in [-0.4, -0.2) is 6.61 Å². The molecule has 0 aliphatic carbocycles. The predicted molar refractivity (Wildman–Crippen MR) is 84.2 cm³/mol. The minimum Gasteiger partial charge on any atom is -0.494 e. The van der Waals surface area contributed by atoms with Crippen molar-refractivity contribution in [1.29, 1.82) is 0 Å². The van der Waals surface area contributed by atoms with Crippen LogP contribution >= 0.6 is 15.9 Å². The van der Waals surface area contributed by atoms with Gasteiger partial charge in [0, 0.05) is 10.4 Å². The number of alkyl halides is 1. The molecule has 0 saturated carbocycles. The Morgan fingerprint density at radius 1 is 1.05 bits per heavy atom. The average Bonchev–Trinajstić information content (AvgIpc) is 2.42. The standard InChI is InChI=1S/C17H19BrO/c1-3-19-17-7-5-4-6-15(17)16(18)12-14-10-8-13(2)9-11-14/h4-11,16H,3,12H2,1-2H3. The summed E-state index contributed by atoms with van der Waals surface area (Å²) in [5.74, 6) is 0.971. The lowest BCUT2D eigenvalue weighted by atomic mass is 10.0. The SMILES string of the molecule is CCOc1ccccc1C(Br)Cc1ccc(C)cc1. The zero-order chi connectivity index (χ0) is 13.7. The number of benzene rings is 2. The van der Waals surface area contributed by atoms with Gasteiger partial charge in [-0.25, -0.2) is 0 Å². The van der Waals surface area contributed by atoms with Gasteiger partial charge in [0.05, 0.1) is 6.61 Å². The Morgan fingerprint density at radius 3 is 2.42 bits per heavy atom. The smallest absolute Gasteiger partial charge is 0.123 e. The molecule has 100 valence electrons. The number of rotatable bonds is 5. The fourth-order valence-corrected chi connectivity index (χ4v) is 2.82. The predicted octanol–water partition coefficient (Wildman–Crippen LogP) is 5.07. The monoisotopic (exact) mass is 318 g/mol. The van der Waals surface area contributed by atoms with Crippen molar-refractivity contribution < 1.29 is 4.74 Å². The van der Waals surface area contributed by atoms with E-state index < -0.39 is 0 Å². The minimum atomic E-state index is 0.276. The van der Waals surface area contributed by atoms with Gasteiger partial charge in [-0.1, -0.05) is 64.0 Å². The Bertz CT molecular complexity index is 519. The van der Waals surface area contributed by atoms with E-state index in [9.17, 15) is 0 Å². The summed E-state index contributed by atoms with van der Waals surface area (Å²) in [6.07, 6.45) is 0.963. The first-order valence-electron chi connectivity index (χ1n) is 6.62. The zero-order valence-electron chi connectivity index (χ0n) is 11.4. The third-order valence-corrected chi connectivity index (χ3v) is 3.91. The van der Waals surface area contributed by atoms with Crippen molar-refractivity contribution in [3.05, 3.63) is 65.2 Å². The summed E-state index contributed by atoms with van der Waals surface area (Å²) in [5.41, 5.74) is 3.84. The first-order chi connectivity index (χ1) is 9.20. The van der Waals surface area contributed by atoms with E-state index in [1.165, 1.54) is 16.7 Å². The molecular formula is C17H19BrO. The summed E-state index contributed by atoms with van der Waals surface area (Å²) in [6, 6.07) is 16.9. The Hall–Kier alpha value is -1.28. The van der Waals surface area contributed by atoms with Gasteiger partial charge >= 0.3 is 0 Å². The molecule has 0 saturated heterocycles. The molecule has 0 N–H and O–H groups in total. The molecule has 1 unspecified atom stereocenters. The van der Waals surface area contributed by atoms with Crippen LogP contribution in [0.5, 0.6) is 5.75 Å². The van der Waals surface area contributed by atoms with Crippen molar-refractivity contribution in [3.8, 4) is 5.75 Å². The first kappa shape index (κ1) is 14.1. The van der Waals surface area contributed by atoms with E-state index in [0.29, 0.717) is 6.61 Å². The van der Waals surface area contributed by atoms with Crippen LogP contribution in [0.15, 0.2) is 48.5 Å². The highest BCUT2D eigenvalue weighted by molar-refractivity contribution is 9.09. The van der Waals surface area contributed by atoms with Crippen LogP contribution in [-0.2, 0) is 6.42 Å². The maximum Gasteiger partial charge on any atom is 0.123 e. The van der Waals surface area contributed by atoms with E-state index in [-0.39, 0.29) is 4.83 Å². The van der Waals surface area contributed by atoms with E-state index in [0.717, 1.165) is 12.2 Å². The largest absolute Gasteiger partial charge is 0.494 e. The second-order valence-electron chi connectivity index (χ2n) is 4.63. The summed E-state index contributed by atoms with van der Waals surface area (Å²) in [4.78, 5) is 0.276. The Morgan fingerprint density at radius 2 is 1.74 bits per heavy atom. The van der Waals surface area contributed by atoms with Crippen molar-refractivity contribution in [1.82, 2.24) is 0 Å². The fourth-order valence-electron chi connectivity index (χ4n) is 2.07. The number of hydrogen-bond acceptors (Lipinski definition) is 1. The number of halogens is 1. The van der Waals surface area contributed by atoms with Crippen LogP contribution < -0.4 is 4.74 Å². The molecule has 2 aromatic carbocycles. The fraction of sp³-hybridized carbons (Fsp3) is 0.294. The second kappa shape index (κ2) is 6.76. The molecule has 1 atom stereocenters. The lowest BCUT2D eigenvalue weighted by molar-refractivity contribution is 0.336. The molecular weight excluding hydrogens is 300 g/mol. The zero-order valence-corrected chi connectivity index (χ0v) is 13.0. The van der Waals surface area contributed by atoms with Crippen molar-refractivity contribution in [2.24, 2.45) is 0 Å². The Balaban J connectivity index is 2.15. The van der Waals surface area contributed by atoms with E-state index in [4.69, 9.17) is 4.74 Å². The van der Waals surface area contributed by atoms with Crippen LogP contribution in [0, 0.1) is 6.92 Å². The van der Waals surface area contributed by atoms with Gasteiger partial charge in [0.25, 0.3) is 0 Å². The molecule has 1 nitrogen and oxygen atoms in total. The van der Waals surface area contributed by atoms with Crippen molar-refractivity contribution >= 4 is 15.9 Å². The Kier molecular flexibility index (Phi) is 5.03. The number of para-hydroxylation sites is 1. The molecule has 0 spiro atoms. The highest BCUT2D eigenvalue weighted by atomic mass is 79.9. The van der Waals surface area contributed by atoms with Gasteiger partial charge in [-0.2, -0.15) is 0 Å². The van der Waals surface area contributed by atoms with E-state index in [1.807, 2.05) is 19.1 Å². The number of ether oxygens (including phenoxy) is 1. The minimum absolute atomic E-state index is 0.276. The van der Waals surface area contributed by atoms with E-state index in [2.05, 4.69) is 59.3 Å². The lowest BCUT2D eigenvalue weighted by Crippen LogP contribution is -2.01. The van der Waals surface area contributed by atoms with Crippen molar-refractivity contribution in [2.45, 2.75) is 25.1 Å². The molecule has 0 radical (unpaired) electrons. The van der Waals surface area contributed by atoms with Gasteiger partial charge in [-0.05, 0) is 31.9 Å². The van der Waals surface area contributed by atoms with E-state index >= 15 is 0 Å². The number of hydrogen-bond donors (Lipinski definition) is 0. The van der Waals surface area contributed by atoms with Gasteiger partial charge in [0.2, 0.25) is 0 Å². The molecule has 0 aliphatic rings. The first-order valence-corrected chi connectivity index (χ1v) is 7.53. The Labute approximate surface area is 123 Å². The molecule has 19 heavy (non-hydrogen) atoms. The topological polar surface area (TPSA) is 9.23 Å². The molecule has 0 bridgehead atoms. The van der Waals surface area contributed by atoms with Gasteiger partial charge in [-0.3, -0.25) is 0 Å². The molecule has 0 aliphatic heterocycles. The molecule has 2 heteroatoms. The summed E-state index contributed by atoms with van der Waals surface area (Å²) < 4.78 is 5.68. The lowest BCUT2D eigenvalue weighted by Gasteiger charge is -2.15. The molecule has 2 aromatic rings. The van der Waals surface area contributed by atoms with Gasteiger partial charge < -0.3 is 4.74 Å². The van der Waals surface area contributed by atoms with Gasteiger partial charge in [0.1, 0.15) is 5.75 Å². The maximum atomic E-state index is 5.68. The van der Waals surface area contributed by atoms with Crippen molar-refractivity contribution in [2.75, 3.05) is 6.61 Å². The third-order valence-electron chi connectivity index (χ3n) is 3.09. The summed E-state index contributed by atoms with van der Waals surface area (Å²) in [5, 5.41) is 0. The molecule has 0 aromatic heterocycles. The molecule has 0 heterocycles. The van der Waals surface area contributed by atoms with Gasteiger partial charge in [0.15, 0.2) is 0 Å². The van der Waals surface area contributed by atoms with Crippen LogP contribution in [0.4, 0.5) is 0 Å². The highest BCUT2D eigenvalue weighted by Gasteiger charge is 2.13. The van der Waals surface area contributed by atoms with Gasteiger partial charge in [-0.15, -0.1) is 0 Å². The molecule has 2 rings (SSSR count). The van der Waals surface area contributed by atoms with Crippen LogP contribution in [0.2, 0.25) is 0 Å². The second-order valence-corrected chi connectivity index (χ2v) is 5.73. The quantitative estimate of drug-likeness (QED) is 0.699. The summed E-state index contributed by atoms with van der Waals surface area (Å²) in [6.45, 7) is 4.82. The summed E-state index contributed by atoms with van der Waals surface area (Å²) >= 11 is 3.78.